The summed E-state index contributed by atoms with van der Waals surface area (Å²) >= 11 is 0. The van der Waals surface area contributed by atoms with E-state index in [9.17, 15) is 14.0 Å². The molecule has 6 heteroatoms. The SMILES string of the molecule is CCC(=O)c1c(-c2ccc(F)cc2)oc2ccc(-c3cc(C(=O)CC4(c5ccn(C)n5)CC4)ccc3C)cc12. The zero-order valence-electron chi connectivity index (χ0n) is 22.3. The molecule has 0 amide bonds. The van der Waals surface area contributed by atoms with E-state index in [0.717, 1.165) is 35.2 Å². The van der Waals surface area contributed by atoms with Gasteiger partial charge in [-0.1, -0.05) is 25.1 Å². The molecular weight excluding hydrogens is 491 g/mol. The summed E-state index contributed by atoms with van der Waals surface area (Å²) in [5, 5.41) is 5.28. The number of carbonyl (C=O) groups is 2. The topological polar surface area (TPSA) is 65.1 Å². The van der Waals surface area contributed by atoms with Gasteiger partial charge in [0.15, 0.2) is 11.6 Å². The summed E-state index contributed by atoms with van der Waals surface area (Å²) in [7, 11) is 1.90. The molecule has 5 aromatic rings. The molecule has 196 valence electrons. The van der Waals surface area contributed by atoms with E-state index in [0.29, 0.717) is 46.3 Å². The number of furan rings is 1. The van der Waals surface area contributed by atoms with Gasteiger partial charge in [0.2, 0.25) is 0 Å². The van der Waals surface area contributed by atoms with Crippen LogP contribution in [-0.4, -0.2) is 21.3 Å². The number of ketones is 2. The number of benzene rings is 3. The Morgan fingerprint density at radius 2 is 1.72 bits per heavy atom. The highest BCUT2D eigenvalue weighted by molar-refractivity contribution is 6.12. The van der Waals surface area contributed by atoms with Crippen LogP contribution in [0.4, 0.5) is 4.39 Å². The Labute approximate surface area is 226 Å². The van der Waals surface area contributed by atoms with Crippen LogP contribution in [0, 0.1) is 12.7 Å². The van der Waals surface area contributed by atoms with Crippen molar-refractivity contribution in [2.24, 2.45) is 7.05 Å². The van der Waals surface area contributed by atoms with Gasteiger partial charge in [-0.25, -0.2) is 4.39 Å². The number of fused-ring (bicyclic) bond motifs is 1. The van der Waals surface area contributed by atoms with Crippen LogP contribution in [0.25, 0.3) is 33.4 Å². The van der Waals surface area contributed by atoms with Gasteiger partial charge in [-0.15, -0.1) is 0 Å². The summed E-state index contributed by atoms with van der Waals surface area (Å²) in [6.07, 6.45) is 4.61. The van der Waals surface area contributed by atoms with E-state index in [2.05, 4.69) is 5.10 Å². The average molecular weight is 521 g/mol. The van der Waals surface area contributed by atoms with Gasteiger partial charge in [-0.3, -0.25) is 14.3 Å². The van der Waals surface area contributed by atoms with Gasteiger partial charge in [-0.2, -0.15) is 5.10 Å². The van der Waals surface area contributed by atoms with Crippen molar-refractivity contribution in [2.75, 3.05) is 0 Å². The van der Waals surface area contributed by atoms with E-state index in [1.807, 2.05) is 69.6 Å². The first-order valence-electron chi connectivity index (χ1n) is 13.3. The van der Waals surface area contributed by atoms with Gasteiger partial charge in [0.05, 0.1) is 11.3 Å². The van der Waals surface area contributed by atoms with Crippen LogP contribution in [0.1, 0.15) is 64.6 Å². The molecule has 1 fully saturated rings. The number of carbonyl (C=O) groups excluding carboxylic acids is 2. The monoisotopic (exact) mass is 520 g/mol. The minimum Gasteiger partial charge on any atom is -0.455 e. The van der Waals surface area contributed by atoms with Gasteiger partial charge in [0.25, 0.3) is 0 Å². The van der Waals surface area contributed by atoms with Crippen molar-refractivity contribution >= 4 is 22.5 Å². The average Bonchev–Trinajstić information content (AvgIpc) is 3.40. The first-order chi connectivity index (χ1) is 18.8. The van der Waals surface area contributed by atoms with Gasteiger partial charge >= 0.3 is 0 Å². The molecule has 1 aliphatic rings. The van der Waals surface area contributed by atoms with Gasteiger partial charge in [0.1, 0.15) is 17.2 Å². The Kier molecular flexibility index (Phi) is 6.06. The van der Waals surface area contributed by atoms with Crippen molar-refractivity contribution in [2.45, 2.75) is 44.9 Å². The van der Waals surface area contributed by atoms with Crippen LogP contribution >= 0.6 is 0 Å². The minimum atomic E-state index is -0.349. The van der Waals surface area contributed by atoms with Crippen molar-refractivity contribution in [1.29, 1.82) is 0 Å². The van der Waals surface area contributed by atoms with Crippen LogP contribution in [-0.2, 0) is 12.5 Å². The lowest BCUT2D eigenvalue weighted by atomic mass is 9.90. The molecule has 0 saturated heterocycles. The Morgan fingerprint density at radius 1 is 0.974 bits per heavy atom. The maximum Gasteiger partial charge on any atom is 0.167 e. The van der Waals surface area contributed by atoms with E-state index < -0.39 is 0 Å². The van der Waals surface area contributed by atoms with Gasteiger partial charge < -0.3 is 4.42 Å². The highest BCUT2D eigenvalue weighted by Crippen LogP contribution is 2.51. The Balaban J connectivity index is 1.38. The molecular formula is C33H29FN2O3. The van der Waals surface area contributed by atoms with Crippen molar-refractivity contribution in [3.63, 3.8) is 0 Å². The second-order valence-corrected chi connectivity index (χ2v) is 10.6. The number of nitrogens with zero attached hydrogens (tertiary/aromatic N) is 2. The minimum absolute atomic E-state index is 0.0462. The molecule has 0 unspecified atom stereocenters. The quantitative estimate of drug-likeness (QED) is 0.196. The van der Waals surface area contributed by atoms with Crippen LogP contribution in [0.15, 0.2) is 77.3 Å². The zero-order chi connectivity index (χ0) is 27.3. The normalized spacial score (nSPS) is 14.1. The molecule has 6 rings (SSSR count). The molecule has 5 nitrogen and oxygen atoms in total. The third-order valence-electron chi connectivity index (χ3n) is 7.87. The summed E-state index contributed by atoms with van der Waals surface area (Å²) < 4.78 is 21.5. The molecule has 0 spiro atoms. The molecule has 0 atom stereocenters. The summed E-state index contributed by atoms with van der Waals surface area (Å²) in [5.74, 6) is 0.149. The van der Waals surface area contributed by atoms with Gasteiger partial charge in [-0.05, 0) is 85.0 Å². The molecule has 0 aliphatic heterocycles. The van der Waals surface area contributed by atoms with Crippen molar-refractivity contribution in [3.05, 3.63) is 101 Å². The Morgan fingerprint density at radius 3 is 2.38 bits per heavy atom. The lowest BCUT2D eigenvalue weighted by molar-refractivity contribution is 0.0966. The standard InChI is InChI=1S/C33H29FN2O3/c1-4-27(37)31-26-17-22(9-12-29(26)39-32(31)21-7-10-24(34)11-8-21)25-18-23(6-5-20(25)2)28(38)19-33(14-15-33)30-13-16-36(3)35-30/h5-13,16-18H,4,14-15,19H2,1-3H3. The number of Topliss-reactive ketones (excluding diaryl/α,β-unsaturated/α-hetero) is 2. The number of aryl methyl sites for hydroxylation is 2. The number of halogens is 1. The van der Waals surface area contributed by atoms with E-state index in [1.165, 1.54) is 12.1 Å². The van der Waals surface area contributed by atoms with Gasteiger partial charge in [0, 0.05) is 48.0 Å². The first-order valence-corrected chi connectivity index (χ1v) is 13.3. The smallest absolute Gasteiger partial charge is 0.167 e. The lowest BCUT2D eigenvalue weighted by Gasteiger charge is -2.13. The predicted molar refractivity (Wildman–Crippen MR) is 149 cm³/mol. The predicted octanol–water partition coefficient (Wildman–Crippen LogP) is 7.85. The summed E-state index contributed by atoms with van der Waals surface area (Å²) in [5.41, 5.74) is 6.09. The van der Waals surface area contributed by atoms with E-state index in [1.54, 1.807) is 16.8 Å². The van der Waals surface area contributed by atoms with Crippen LogP contribution in [0.5, 0.6) is 0 Å². The second-order valence-electron chi connectivity index (χ2n) is 10.6. The fourth-order valence-corrected chi connectivity index (χ4v) is 5.41. The van der Waals surface area contributed by atoms with E-state index in [4.69, 9.17) is 4.42 Å². The van der Waals surface area contributed by atoms with Crippen LogP contribution in [0.3, 0.4) is 0 Å². The second kappa shape index (κ2) is 9.45. The maximum absolute atomic E-state index is 13.6. The summed E-state index contributed by atoms with van der Waals surface area (Å²) in [6, 6.07) is 19.6. The summed E-state index contributed by atoms with van der Waals surface area (Å²) in [4.78, 5) is 26.5. The molecule has 2 heterocycles. The largest absolute Gasteiger partial charge is 0.455 e. The first kappa shape index (κ1) is 25.0. The third kappa shape index (κ3) is 4.50. The van der Waals surface area contributed by atoms with E-state index in [-0.39, 0.29) is 22.8 Å². The van der Waals surface area contributed by atoms with Crippen molar-refractivity contribution in [3.8, 4) is 22.5 Å². The molecule has 0 N–H and O–H groups in total. The molecule has 0 bridgehead atoms. The van der Waals surface area contributed by atoms with Crippen molar-refractivity contribution < 1.29 is 18.4 Å². The maximum atomic E-state index is 13.6. The number of hydrogen-bond acceptors (Lipinski definition) is 4. The number of aromatic nitrogens is 2. The fraction of sp³-hybridized carbons (Fsp3) is 0.242. The van der Waals surface area contributed by atoms with E-state index >= 15 is 0 Å². The molecule has 1 saturated carbocycles. The van der Waals surface area contributed by atoms with Crippen LogP contribution < -0.4 is 0 Å². The number of hydrogen-bond donors (Lipinski definition) is 0. The highest BCUT2D eigenvalue weighted by atomic mass is 19.1. The molecule has 3 aromatic carbocycles. The molecule has 39 heavy (non-hydrogen) atoms. The highest BCUT2D eigenvalue weighted by Gasteiger charge is 2.47. The fourth-order valence-electron chi connectivity index (χ4n) is 5.41. The van der Waals surface area contributed by atoms with Crippen molar-refractivity contribution in [1.82, 2.24) is 9.78 Å². The third-order valence-corrected chi connectivity index (χ3v) is 7.87. The molecule has 1 aliphatic carbocycles. The molecule has 2 aromatic heterocycles. The number of rotatable bonds is 8. The Hall–Kier alpha value is -4.32. The van der Waals surface area contributed by atoms with Crippen LogP contribution in [0.2, 0.25) is 0 Å². The lowest BCUT2D eigenvalue weighted by Crippen LogP contribution is -2.15. The summed E-state index contributed by atoms with van der Waals surface area (Å²) in [6.45, 7) is 3.83. The Bertz CT molecular complexity index is 1740. The zero-order valence-corrected chi connectivity index (χ0v) is 22.3. The molecule has 0 radical (unpaired) electrons.